The summed E-state index contributed by atoms with van der Waals surface area (Å²) in [5.41, 5.74) is 7.26. The van der Waals surface area contributed by atoms with E-state index in [9.17, 15) is 13.2 Å². The van der Waals surface area contributed by atoms with Gasteiger partial charge in [-0.2, -0.15) is 4.72 Å². The average Bonchev–Trinajstić information content (AvgIpc) is 2.59. The molecular weight excluding hydrogens is 324 g/mol. The minimum Gasteiger partial charge on any atom is -0.368 e. The number of primary amides is 1. The lowest BCUT2D eigenvalue weighted by Crippen LogP contribution is -2.48. The topological polar surface area (TPSA) is 89.3 Å². The molecule has 0 aliphatic heterocycles. The zero-order valence-corrected chi connectivity index (χ0v) is 14.6. The van der Waals surface area contributed by atoms with Gasteiger partial charge in [-0.3, -0.25) is 4.79 Å². The average molecular weight is 346 g/mol. The third-order valence-corrected chi connectivity index (χ3v) is 5.53. The summed E-state index contributed by atoms with van der Waals surface area (Å²) in [5.74, 6) is -0.852. The van der Waals surface area contributed by atoms with Crippen LogP contribution in [0.2, 0.25) is 0 Å². The summed E-state index contributed by atoms with van der Waals surface area (Å²) in [6.07, 6.45) is 0.642. The Morgan fingerprint density at radius 1 is 1.04 bits per heavy atom. The smallest absolute Gasteiger partial charge is 0.241 e. The molecule has 0 fully saturated rings. The van der Waals surface area contributed by atoms with Gasteiger partial charge in [0.05, 0.1) is 4.90 Å². The summed E-state index contributed by atoms with van der Waals surface area (Å²) < 4.78 is 27.4. The van der Waals surface area contributed by atoms with Crippen LogP contribution >= 0.6 is 0 Å². The molecule has 0 bridgehead atoms. The van der Waals surface area contributed by atoms with Crippen molar-refractivity contribution < 1.29 is 13.2 Å². The van der Waals surface area contributed by atoms with Gasteiger partial charge in [-0.1, -0.05) is 62.7 Å². The molecule has 2 aromatic carbocycles. The Morgan fingerprint density at radius 3 is 2.08 bits per heavy atom. The number of amides is 1. The van der Waals surface area contributed by atoms with E-state index in [0.29, 0.717) is 6.42 Å². The zero-order valence-electron chi connectivity index (χ0n) is 13.8. The van der Waals surface area contributed by atoms with Gasteiger partial charge in [0.25, 0.3) is 0 Å². The van der Waals surface area contributed by atoms with Gasteiger partial charge in [-0.05, 0) is 29.2 Å². The number of carbonyl (C=O) groups excluding carboxylic acids is 1. The van der Waals surface area contributed by atoms with Gasteiger partial charge in [0.1, 0.15) is 6.04 Å². The molecule has 6 heteroatoms. The van der Waals surface area contributed by atoms with Crippen molar-refractivity contribution in [3.05, 3.63) is 54.6 Å². The maximum absolute atomic E-state index is 12.5. The Kier molecular flexibility index (Phi) is 5.75. The first-order valence-corrected chi connectivity index (χ1v) is 9.30. The van der Waals surface area contributed by atoms with E-state index in [1.54, 1.807) is 19.1 Å². The van der Waals surface area contributed by atoms with Crippen molar-refractivity contribution in [2.75, 3.05) is 0 Å². The third-order valence-electron chi connectivity index (χ3n) is 4.07. The van der Waals surface area contributed by atoms with Crippen molar-refractivity contribution in [3.8, 4) is 11.1 Å². The van der Waals surface area contributed by atoms with Gasteiger partial charge in [-0.25, -0.2) is 8.42 Å². The van der Waals surface area contributed by atoms with E-state index in [0.717, 1.165) is 11.1 Å². The molecule has 1 amide bonds. The Morgan fingerprint density at radius 2 is 1.58 bits per heavy atom. The van der Waals surface area contributed by atoms with Crippen LogP contribution in [-0.2, 0) is 14.8 Å². The van der Waals surface area contributed by atoms with Crippen molar-refractivity contribution in [2.45, 2.75) is 31.2 Å². The maximum atomic E-state index is 12.5. The number of nitrogens with two attached hydrogens (primary N) is 1. The lowest BCUT2D eigenvalue weighted by Gasteiger charge is -2.21. The standard InChI is InChI=1S/C18H22N2O3S/c1-3-13(2)17(18(19)21)20-24(22,23)16-11-9-15(10-12-16)14-7-5-4-6-8-14/h4-13,17,20H,3H2,1-2H3,(H2,19,21). The number of nitrogens with one attached hydrogen (secondary N) is 1. The molecule has 0 aliphatic rings. The second-order valence-corrected chi connectivity index (χ2v) is 7.49. The van der Waals surface area contributed by atoms with Crippen LogP contribution in [0.15, 0.2) is 59.5 Å². The molecule has 0 saturated carbocycles. The third kappa shape index (κ3) is 4.21. The number of carbonyl (C=O) groups is 1. The summed E-state index contributed by atoms with van der Waals surface area (Å²) in [6, 6.07) is 15.3. The monoisotopic (exact) mass is 346 g/mol. The highest BCUT2D eigenvalue weighted by atomic mass is 32.2. The summed E-state index contributed by atoms with van der Waals surface area (Å²) >= 11 is 0. The van der Waals surface area contributed by atoms with Crippen LogP contribution in [0.1, 0.15) is 20.3 Å². The van der Waals surface area contributed by atoms with E-state index in [-0.39, 0.29) is 10.8 Å². The van der Waals surface area contributed by atoms with Crippen LogP contribution in [-0.4, -0.2) is 20.4 Å². The summed E-state index contributed by atoms with van der Waals surface area (Å²) in [5, 5.41) is 0. The van der Waals surface area contributed by atoms with Gasteiger partial charge in [-0.15, -0.1) is 0 Å². The lowest BCUT2D eigenvalue weighted by molar-refractivity contribution is -0.120. The molecule has 2 unspecified atom stereocenters. The van der Waals surface area contributed by atoms with Crippen LogP contribution in [0.5, 0.6) is 0 Å². The van der Waals surface area contributed by atoms with Crippen LogP contribution < -0.4 is 10.5 Å². The Hall–Kier alpha value is -2.18. The van der Waals surface area contributed by atoms with Crippen molar-refractivity contribution in [2.24, 2.45) is 11.7 Å². The predicted molar refractivity (Wildman–Crippen MR) is 94.6 cm³/mol. The van der Waals surface area contributed by atoms with Gasteiger partial charge in [0.2, 0.25) is 15.9 Å². The molecule has 3 N–H and O–H groups in total. The highest BCUT2D eigenvalue weighted by Gasteiger charge is 2.27. The lowest BCUT2D eigenvalue weighted by atomic mass is 10.00. The number of sulfonamides is 1. The van der Waals surface area contributed by atoms with Crippen LogP contribution in [0.3, 0.4) is 0 Å². The van der Waals surface area contributed by atoms with Crippen molar-refractivity contribution in [1.29, 1.82) is 0 Å². The number of hydrogen-bond acceptors (Lipinski definition) is 3. The number of benzene rings is 2. The molecule has 0 heterocycles. The SMILES string of the molecule is CCC(C)C(NS(=O)(=O)c1ccc(-c2ccccc2)cc1)C(N)=O. The quantitative estimate of drug-likeness (QED) is 0.807. The minimum absolute atomic E-state index is 0.108. The van der Waals surface area contributed by atoms with Crippen LogP contribution in [0.4, 0.5) is 0 Å². The van der Waals surface area contributed by atoms with E-state index in [2.05, 4.69) is 4.72 Å². The highest BCUT2D eigenvalue weighted by molar-refractivity contribution is 7.89. The molecule has 0 radical (unpaired) electrons. The fourth-order valence-corrected chi connectivity index (χ4v) is 3.70. The Balaban J connectivity index is 2.25. The highest BCUT2D eigenvalue weighted by Crippen LogP contribution is 2.21. The second kappa shape index (κ2) is 7.59. The van der Waals surface area contributed by atoms with Crippen molar-refractivity contribution in [3.63, 3.8) is 0 Å². The zero-order chi connectivity index (χ0) is 17.7. The second-order valence-electron chi connectivity index (χ2n) is 5.78. The molecule has 0 saturated heterocycles. The first kappa shape index (κ1) is 18.2. The molecule has 0 aliphatic carbocycles. The molecule has 5 nitrogen and oxygen atoms in total. The van der Waals surface area contributed by atoms with Crippen molar-refractivity contribution in [1.82, 2.24) is 4.72 Å². The number of rotatable bonds is 7. The van der Waals surface area contributed by atoms with Crippen LogP contribution in [0, 0.1) is 5.92 Å². The van der Waals surface area contributed by atoms with E-state index in [4.69, 9.17) is 5.73 Å². The van der Waals surface area contributed by atoms with E-state index < -0.39 is 22.0 Å². The predicted octanol–water partition coefficient (Wildman–Crippen LogP) is 2.53. The Labute approximate surface area is 142 Å². The van der Waals surface area contributed by atoms with Gasteiger partial charge < -0.3 is 5.73 Å². The first-order chi connectivity index (χ1) is 11.3. The minimum atomic E-state index is -3.81. The van der Waals surface area contributed by atoms with E-state index in [1.807, 2.05) is 37.3 Å². The molecule has 24 heavy (non-hydrogen) atoms. The van der Waals surface area contributed by atoms with Crippen LogP contribution in [0.25, 0.3) is 11.1 Å². The summed E-state index contributed by atoms with van der Waals surface area (Å²) in [6.45, 7) is 3.67. The molecule has 2 atom stereocenters. The Bertz CT molecular complexity index is 787. The number of hydrogen-bond donors (Lipinski definition) is 2. The van der Waals surface area contributed by atoms with Gasteiger partial charge >= 0.3 is 0 Å². The summed E-state index contributed by atoms with van der Waals surface area (Å²) in [7, 11) is -3.81. The summed E-state index contributed by atoms with van der Waals surface area (Å²) in [4.78, 5) is 11.7. The fraction of sp³-hybridized carbons (Fsp3) is 0.278. The van der Waals surface area contributed by atoms with Gasteiger partial charge in [0, 0.05) is 0 Å². The fourth-order valence-electron chi connectivity index (χ4n) is 2.38. The molecule has 2 rings (SSSR count). The van der Waals surface area contributed by atoms with E-state index in [1.165, 1.54) is 12.1 Å². The maximum Gasteiger partial charge on any atom is 0.241 e. The van der Waals surface area contributed by atoms with E-state index >= 15 is 0 Å². The molecular formula is C18H22N2O3S. The normalized spacial score (nSPS) is 14.1. The molecule has 2 aromatic rings. The molecule has 0 spiro atoms. The van der Waals surface area contributed by atoms with Gasteiger partial charge in [0.15, 0.2) is 0 Å². The van der Waals surface area contributed by atoms with Crippen molar-refractivity contribution >= 4 is 15.9 Å². The first-order valence-electron chi connectivity index (χ1n) is 7.82. The molecule has 128 valence electrons. The molecule has 0 aromatic heterocycles. The largest absolute Gasteiger partial charge is 0.368 e.